The molecule has 0 aromatic carbocycles. The number of aromatic nitrogens is 1. The lowest BCUT2D eigenvalue weighted by molar-refractivity contribution is 0.0547. The summed E-state index contributed by atoms with van der Waals surface area (Å²) < 4.78 is 0. The van der Waals surface area contributed by atoms with E-state index in [9.17, 15) is 4.79 Å². The van der Waals surface area contributed by atoms with E-state index in [1.807, 2.05) is 17.0 Å². The van der Waals surface area contributed by atoms with Gasteiger partial charge in [0.05, 0.1) is 5.69 Å². The number of piperazine rings is 1. The largest absolute Gasteiger partial charge is 0.397 e. The highest BCUT2D eigenvalue weighted by molar-refractivity contribution is 7.21. The fourth-order valence-electron chi connectivity index (χ4n) is 2.82. The molecule has 0 spiro atoms. The van der Waals surface area contributed by atoms with Crippen molar-refractivity contribution >= 4 is 33.1 Å². The number of carbonyl (C=O) groups excluding carboxylic acids is 1. The van der Waals surface area contributed by atoms with E-state index >= 15 is 0 Å². The summed E-state index contributed by atoms with van der Waals surface area (Å²) in [7, 11) is 2.12. The van der Waals surface area contributed by atoms with Gasteiger partial charge in [0, 0.05) is 37.3 Å². The van der Waals surface area contributed by atoms with Crippen LogP contribution in [0.5, 0.6) is 0 Å². The molecule has 21 heavy (non-hydrogen) atoms. The van der Waals surface area contributed by atoms with Crippen LogP contribution in [-0.4, -0.2) is 53.4 Å². The fourth-order valence-corrected chi connectivity index (χ4v) is 3.86. The maximum Gasteiger partial charge on any atom is 0.266 e. The Bertz CT molecular complexity index is 669. The van der Waals surface area contributed by atoms with Crippen LogP contribution in [0.3, 0.4) is 0 Å². The van der Waals surface area contributed by atoms with Gasteiger partial charge in [-0.3, -0.25) is 9.69 Å². The molecule has 3 heterocycles. The van der Waals surface area contributed by atoms with Crippen LogP contribution in [0.15, 0.2) is 18.3 Å². The maximum absolute atomic E-state index is 12.8. The summed E-state index contributed by atoms with van der Waals surface area (Å²) in [6, 6.07) is 4.20. The van der Waals surface area contributed by atoms with E-state index in [2.05, 4.69) is 23.9 Å². The zero-order valence-electron chi connectivity index (χ0n) is 12.4. The number of fused-ring (bicyclic) bond motifs is 1. The van der Waals surface area contributed by atoms with Gasteiger partial charge in [0.2, 0.25) is 0 Å². The zero-order valence-corrected chi connectivity index (χ0v) is 13.2. The molecule has 1 atom stereocenters. The van der Waals surface area contributed by atoms with Gasteiger partial charge in [-0.15, -0.1) is 11.3 Å². The van der Waals surface area contributed by atoms with E-state index in [0.29, 0.717) is 16.6 Å². The third kappa shape index (κ3) is 2.49. The number of amides is 1. The summed E-state index contributed by atoms with van der Waals surface area (Å²) in [5.41, 5.74) is 6.72. The molecule has 0 aliphatic carbocycles. The summed E-state index contributed by atoms with van der Waals surface area (Å²) in [5.74, 6) is 0.0436. The monoisotopic (exact) mass is 304 g/mol. The number of thiophene rings is 1. The van der Waals surface area contributed by atoms with Crippen LogP contribution < -0.4 is 5.73 Å². The van der Waals surface area contributed by atoms with E-state index in [-0.39, 0.29) is 5.91 Å². The van der Waals surface area contributed by atoms with E-state index in [0.717, 1.165) is 36.3 Å². The highest BCUT2D eigenvalue weighted by Gasteiger charge is 2.29. The first-order chi connectivity index (χ1) is 10.1. The summed E-state index contributed by atoms with van der Waals surface area (Å²) in [6.45, 7) is 4.60. The van der Waals surface area contributed by atoms with E-state index in [4.69, 9.17) is 5.73 Å². The molecular weight excluding hydrogens is 284 g/mol. The van der Waals surface area contributed by atoms with Crippen molar-refractivity contribution in [2.24, 2.45) is 0 Å². The summed E-state index contributed by atoms with van der Waals surface area (Å²) in [6.07, 6.45) is 2.78. The SMILES string of the molecule is CCC1CN(C(=O)c2sc3ncccc3c2N)CCN1C. The molecular formula is C15H20N4OS. The average molecular weight is 304 g/mol. The number of hydrogen-bond donors (Lipinski definition) is 1. The third-order valence-electron chi connectivity index (χ3n) is 4.23. The van der Waals surface area contributed by atoms with Gasteiger partial charge in [0.25, 0.3) is 5.91 Å². The Morgan fingerprint density at radius 1 is 1.52 bits per heavy atom. The van der Waals surface area contributed by atoms with Crippen molar-refractivity contribution in [3.63, 3.8) is 0 Å². The number of anilines is 1. The third-order valence-corrected chi connectivity index (χ3v) is 5.35. The number of carbonyl (C=O) groups is 1. The summed E-state index contributed by atoms with van der Waals surface area (Å²) >= 11 is 1.39. The van der Waals surface area contributed by atoms with Gasteiger partial charge in [-0.05, 0) is 25.6 Å². The first-order valence-corrected chi connectivity index (χ1v) is 8.06. The van der Waals surface area contributed by atoms with Crippen molar-refractivity contribution in [1.82, 2.24) is 14.8 Å². The summed E-state index contributed by atoms with van der Waals surface area (Å²) in [5, 5.41) is 0.881. The minimum atomic E-state index is 0.0436. The van der Waals surface area contributed by atoms with Gasteiger partial charge in [-0.25, -0.2) is 4.98 Å². The van der Waals surface area contributed by atoms with Gasteiger partial charge in [0.15, 0.2) is 0 Å². The predicted octanol–water partition coefficient (Wildman–Crippen LogP) is 2.04. The number of rotatable bonds is 2. The van der Waals surface area contributed by atoms with Gasteiger partial charge >= 0.3 is 0 Å². The lowest BCUT2D eigenvalue weighted by Crippen LogP contribution is -2.52. The highest BCUT2D eigenvalue weighted by Crippen LogP contribution is 2.33. The van der Waals surface area contributed by atoms with Crippen LogP contribution >= 0.6 is 11.3 Å². The first-order valence-electron chi connectivity index (χ1n) is 7.24. The van der Waals surface area contributed by atoms with Gasteiger partial charge in [-0.2, -0.15) is 0 Å². The molecule has 5 nitrogen and oxygen atoms in total. The smallest absolute Gasteiger partial charge is 0.266 e. The molecule has 0 saturated carbocycles. The van der Waals surface area contributed by atoms with Crippen LogP contribution in [0.25, 0.3) is 10.2 Å². The summed E-state index contributed by atoms with van der Waals surface area (Å²) in [4.78, 5) is 22.8. The van der Waals surface area contributed by atoms with E-state index in [1.165, 1.54) is 11.3 Å². The molecule has 1 unspecified atom stereocenters. The van der Waals surface area contributed by atoms with E-state index < -0.39 is 0 Å². The molecule has 6 heteroatoms. The Balaban J connectivity index is 1.88. The molecule has 3 rings (SSSR count). The molecule has 2 N–H and O–H groups in total. The van der Waals surface area contributed by atoms with Gasteiger partial charge in [0.1, 0.15) is 9.71 Å². The average Bonchev–Trinajstić information content (AvgIpc) is 2.85. The van der Waals surface area contributed by atoms with Crippen molar-refractivity contribution in [3.8, 4) is 0 Å². The number of pyridine rings is 1. The highest BCUT2D eigenvalue weighted by atomic mass is 32.1. The molecule has 2 aromatic rings. The Labute approximate surface area is 128 Å². The molecule has 1 fully saturated rings. The van der Waals surface area contributed by atoms with Crippen molar-refractivity contribution in [2.75, 3.05) is 32.4 Å². The Kier molecular flexibility index (Phi) is 3.82. The van der Waals surface area contributed by atoms with Gasteiger partial charge < -0.3 is 10.6 Å². The van der Waals surface area contributed by atoms with Crippen LogP contribution in [0.1, 0.15) is 23.0 Å². The number of likely N-dealkylation sites (N-methyl/N-ethyl adjacent to an activating group) is 1. The van der Waals surface area contributed by atoms with Gasteiger partial charge in [-0.1, -0.05) is 6.92 Å². The number of nitrogens with two attached hydrogens (primary N) is 1. The Morgan fingerprint density at radius 3 is 3.05 bits per heavy atom. The molecule has 1 amide bonds. The van der Waals surface area contributed by atoms with Crippen LogP contribution in [0.4, 0.5) is 5.69 Å². The van der Waals surface area contributed by atoms with Crippen molar-refractivity contribution < 1.29 is 4.79 Å². The predicted molar refractivity (Wildman–Crippen MR) is 86.6 cm³/mol. The molecule has 0 bridgehead atoms. The van der Waals surface area contributed by atoms with Crippen molar-refractivity contribution in [3.05, 3.63) is 23.2 Å². The Morgan fingerprint density at radius 2 is 2.33 bits per heavy atom. The second-order valence-electron chi connectivity index (χ2n) is 5.49. The van der Waals surface area contributed by atoms with Crippen molar-refractivity contribution in [2.45, 2.75) is 19.4 Å². The van der Waals surface area contributed by atoms with Crippen molar-refractivity contribution in [1.29, 1.82) is 0 Å². The fraction of sp³-hybridized carbons (Fsp3) is 0.467. The zero-order chi connectivity index (χ0) is 15.0. The van der Waals surface area contributed by atoms with E-state index in [1.54, 1.807) is 6.20 Å². The number of hydrogen-bond acceptors (Lipinski definition) is 5. The topological polar surface area (TPSA) is 62.5 Å². The minimum Gasteiger partial charge on any atom is -0.397 e. The standard InChI is InChI=1S/C15H20N4OS/c1-3-10-9-19(8-7-18(10)2)15(20)13-12(16)11-5-4-6-17-14(11)21-13/h4-6,10H,3,7-9,16H2,1-2H3. The minimum absolute atomic E-state index is 0.0436. The molecule has 2 aromatic heterocycles. The van der Waals surface area contributed by atoms with Crippen LogP contribution in [0, 0.1) is 0 Å². The molecule has 0 radical (unpaired) electrons. The second-order valence-corrected chi connectivity index (χ2v) is 6.49. The molecule has 1 saturated heterocycles. The normalized spacial score (nSPS) is 20.1. The molecule has 1 aliphatic rings. The quantitative estimate of drug-likeness (QED) is 0.922. The molecule has 112 valence electrons. The maximum atomic E-state index is 12.8. The molecule has 1 aliphatic heterocycles. The lowest BCUT2D eigenvalue weighted by atomic mass is 10.1. The van der Waals surface area contributed by atoms with Crippen LogP contribution in [-0.2, 0) is 0 Å². The Hall–Kier alpha value is -1.66. The lowest BCUT2D eigenvalue weighted by Gasteiger charge is -2.39. The number of nitrogen functional groups attached to an aromatic ring is 1. The van der Waals surface area contributed by atoms with Crippen LogP contribution in [0.2, 0.25) is 0 Å². The second kappa shape index (κ2) is 5.61. The first kappa shape index (κ1) is 14.3. The number of nitrogens with zero attached hydrogens (tertiary/aromatic N) is 3.